The van der Waals surface area contributed by atoms with Crippen molar-refractivity contribution in [1.82, 2.24) is 5.48 Å². The van der Waals surface area contributed by atoms with E-state index in [1.807, 2.05) is 30.3 Å². The SMILES string of the molecule is NC(=O)CONCCCOCc1ccccc1. The van der Waals surface area contributed by atoms with Crippen molar-refractivity contribution in [3.8, 4) is 0 Å². The molecular weight excluding hydrogens is 220 g/mol. The van der Waals surface area contributed by atoms with Gasteiger partial charge in [-0.3, -0.25) is 9.63 Å². The topological polar surface area (TPSA) is 73.6 Å². The van der Waals surface area contributed by atoms with Crippen LogP contribution in [0.5, 0.6) is 0 Å². The minimum Gasteiger partial charge on any atom is -0.377 e. The van der Waals surface area contributed by atoms with E-state index in [-0.39, 0.29) is 6.61 Å². The Kier molecular flexibility index (Phi) is 6.97. The van der Waals surface area contributed by atoms with E-state index in [1.165, 1.54) is 0 Å². The highest BCUT2D eigenvalue weighted by atomic mass is 16.6. The minimum atomic E-state index is -0.488. The number of hydrogen-bond acceptors (Lipinski definition) is 4. The molecule has 1 amide bonds. The van der Waals surface area contributed by atoms with Gasteiger partial charge >= 0.3 is 0 Å². The molecule has 0 saturated carbocycles. The Morgan fingerprint density at radius 3 is 2.76 bits per heavy atom. The van der Waals surface area contributed by atoms with Crippen LogP contribution in [-0.2, 0) is 21.0 Å². The Morgan fingerprint density at radius 2 is 2.06 bits per heavy atom. The summed E-state index contributed by atoms with van der Waals surface area (Å²) in [5.74, 6) is -0.488. The predicted octanol–water partition coefficient (Wildman–Crippen LogP) is 0.600. The normalized spacial score (nSPS) is 10.4. The molecule has 0 atom stereocenters. The average molecular weight is 238 g/mol. The fourth-order valence-electron chi connectivity index (χ4n) is 1.20. The Labute approximate surface area is 101 Å². The van der Waals surface area contributed by atoms with Crippen molar-refractivity contribution in [2.24, 2.45) is 5.73 Å². The van der Waals surface area contributed by atoms with E-state index in [0.29, 0.717) is 19.8 Å². The van der Waals surface area contributed by atoms with Gasteiger partial charge in [-0.1, -0.05) is 30.3 Å². The predicted molar refractivity (Wildman–Crippen MR) is 63.9 cm³/mol. The molecule has 1 rings (SSSR count). The van der Waals surface area contributed by atoms with Gasteiger partial charge in [-0.05, 0) is 12.0 Å². The molecule has 0 bridgehead atoms. The molecule has 0 spiro atoms. The molecule has 0 saturated heterocycles. The zero-order valence-corrected chi connectivity index (χ0v) is 9.72. The van der Waals surface area contributed by atoms with Crippen molar-refractivity contribution >= 4 is 5.91 Å². The van der Waals surface area contributed by atoms with Gasteiger partial charge in [0.25, 0.3) is 0 Å². The van der Waals surface area contributed by atoms with Gasteiger partial charge in [-0.25, -0.2) is 5.48 Å². The summed E-state index contributed by atoms with van der Waals surface area (Å²) in [4.78, 5) is 15.1. The molecule has 1 aromatic carbocycles. The third-order valence-electron chi connectivity index (χ3n) is 2.00. The van der Waals surface area contributed by atoms with Gasteiger partial charge in [-0.2, -0.15) is 0 Å². The third kappa shape index (κ3) is 7.46. The molecule has 94 valence electrons. The first kappa shape index (κ1) is 13.6. The summed E-state index contributed by atoms with van der Waals surface area (Å²) in [6.07, 6.45) is 0.811. The van der Waals surface area contributed by atoms with Crippen molar-refractivity contribution in [3.05, 3.63) is 35.9 Å². The number of nitrogens with one attached hydrogen (secondary N) is 1. The van der Waals surface area contributed by atoms with Gasteiger partial charge < -0.3 is 10.5 Å². The maximum Gasteiger partial charge on any atom is 0.245 e. The number of hydroxylamine groups is 1. The van der Waals surface area contributed by atoms with Gasteiger partial charge in [0.05, 0.1) is 6.61 Å². The van der Waals surface area contributed by atoms with E-state index in [9.17, 15) is 4.79 Å². The van der Waals surface area contributed by atoms with Crippen LogP contribution in [0.25, 0.3) is 0 Å². The molecule has 0 aromatic heterocycles. The quantitative estimate of drug-likeness (QED) is 0.488. The average Bonchev–Trinajstić information content (AvgIpc) is 2.33. The van der Waals surface area contributed by atoms with E-state index in [1.54, 1.807) is 0 Å². The van der Waals surface area contributed by atoms with E-state index in [4.69, 9.17) is 15.3 Å². The molecule has 3 N–H and O–H groups in total. The minimum absolute atomic E-state index is 0.106. The lowest BCUT2D eigenvalue weighted by Gasteiger charge is -2.05. The van der Waals surface area contributed by atoms with Crippen molar-refractivity contribution in [2.45, 2.75) is 13.0 Å². The Bertz CT molecular complexity index is 317. The van der Waals surface area contributed by atoms with E-state index < -0.39 is 5.91 Å². The highest BCUT2D eigenvalue weighted by Crippen LogP contribution is 2.00. The van der Waals surface area contributed by atoms with Crippen molar-refractivity contribution in [2.75, 3.05) is 19.8 Å². The number of ether oxygens (including phenoxy) is 1. The highest BCUT2D eigenvalue weighted by Gasteiger charge is 1.94. The first-order chi connectivity index (χ1) is 8.29. The number of primary amides is 1. The van der Waals surface area contributed by atoms with E-state index in [0.717, 1.165) is 12.0 Å². The van der Waals surface area contributed by atoms with E-state index in [2.05, 4.69) is 5.48 Å². The highest BCUT2D eigenvalue weighted by molar-refractivity contribution is 5.74. The number of carbonyl (C=O) groups excluding carboxylic acids is 1. The third-order valence-corrected chi connectivity index (χ3v) is 2.00. The Balaban J connectivity index is 1.90. The molecule has 0 aliphatic heterocycles. The van der Waals surface area contributed by atoms with Crippen molar-refractivity contribution in [3.63, 3.8) is 0 Å². The number of nitrogens with two attached hydrogens (primary N) is 1. The first-order valence-electron chi connectivity index (χ1n) is 5.53. The standard InChI is InChI=1S/C12H18N2O3/c13-12(15)10-17-14-7-4-8-16-9-11-5-2-1-3-6-11/h1-3,5-6,14H,4,7-10H2,(H2,13,15). The monoisotopic (exact) mass is 238 g/mol. The van der Waals surface area contributed by atoms with Gasteiger partial charge in [0.15, 0.2) is 0 Å². The fraction of sp³-hybridized carbons (Fsp3) is 0.417. The molecule has 5 heteroatoms. The maximum absolute atomic E-state index is 10.3. The van der Waals surface area contributed by atoms with Crippen LogP contribution in [0.15, 0.2) is 30.3 Å². The lowest BCUT2D eigenvalue weighted by Crippen LogP contribution is -2.25. The summed E-state index contributed by atoms with van der Waals surface area (Å²) in [5.41, 5.74) is 8.68. The van der Waals surface area contributed by atoms with Crippen molar-refractivity contribution in [1.29, 1.82) is 0 Å². The smallest absolute Gasteiger partial charge is 0.245 e. The van der Waals surface area contributed by atoms with Crippen LogP contribution in [0.3, 0.4) is 0 Å². The number of carbonyl (C=O) groups is 1. The molecule has 5 nitrogen and oxygen atoms in total. The molecule has 0 aliphatic rings. The van der Waals surface area contributed by atoms with Gasteiger partial charge in [0.1, 0.15) is 6.61 Å². The number of hydrogen-bond donors (Lipinski definition) is 2. The Hall–Kier alpha value is -1.43. The van der Waals surface area contributed by atoms with Crippen LogP contribution in [0.4, 0.5) is 0 Å². The van der Waals surface area contributed by atoms with Crippen LogP contribution < -0.4 is 11.2 Å². The molecular formula is C12H18N2O3. The summed E-state index contributed by atoms with van der Waals surface area (Å²) in [5, 5.41) is 0. The lowest BCUT2D eigenvalue weighted by atomic mass is 10.2. The van der Waals surface area contributed by atoms with Gasteiger partial charge in [-0.15, -0.1) is 0 Å². The second-order valence-electron chi connectivity index (χ2n) is 3.54. The summed E-state index contributed by atoms with van der Waals surface area (Å²) < 4.78 is 5.46. The lowest BCUT2D eigenvalue weighted by molar-refractivity contribution is -0.125. The molecule has 17 heavy (non-hydrogen) atoms. The number of benzene rings is 1. The van der Waals surface area contributed by atoms with E-state index >= 15 is 0 Å². The van der Waals surface area contributed by atoms with Gasteiger partial charge in [0.2, 0.25) is 5.91 Å². The Morgan fingerprint density at radius 1 is 1.29 bits per heavy atom. The second-order valence-corrected chi connectivity index (χ2v) is 3.54. The zero-order valence-electron chi connectivity index (χ0n) is 9.72. The van der Waals surface area contributed by atoms with Crippen molar-refractivity contribution < 1.29 is 14.4 Å². The van der Waals surface area contributed by atoms with Crippen LogP contribution in [0.2, 0.25) is 0 Å². The fourth-order valence-corrected chi connectivity index (χ4v) is 1.20. The van der Waals surface area contributed by atoms with Crippen LogP contribution >= 0.6 is 0 Å². The van der Waals surface area contributed by atoms with Crippen LogP contribution in [-0.4, -0.2) is 25.7 Å². The van der Waals surface area contributed by atoms with Crippen LogP contribution in [0.1, 0.15) is 12.0 Å². The largest absolute Gasteiger partial charge is 0.377 e. The molecule has 1 aromatic rings. The van der Waals surface area contributed by atoms with Gasteiger partial charge in [0, 0.05) is 13.2 Å². The maximum atomic E-state index is 10.3. The molecule has 0 heterocycles. The molecule has 0 unspecified atom stereocenters. The van der Waals surface area contributed by atoms with Crippen LogP contribution in [0, 0.1) is 0 Å². The first-order valence-corrected chi connectivity index (χ1v) is 5.53. The summed E-state index contributed by atoms with van der Waals surface area (Å²) in [6, 6.07) is 9.99. The number of rotatable bonds is 9. The molecule has 0 aliphatic carbocycles. The second kappa shape index (κ2) is 8.69. The molecule has 0 radical (unpaired) electrons. The zero-order chi connectivity index (χ0) is 12.3. The molecule has 0 fully saturated rings. The summed E-state index contributed by atoms with van der Waals surface area (Å²) >= 11 is 0. The summed E-state index contributed by atoms with van der Waals surface area (Å²) in [7, 11) is 0. The number of amides is 1. The summed E-state index contributed by atoms with van der Waals surface area (Å²) in [6.45, 7) is 1.78.